The second kappa shape index (κ2) is 8.47. The van der Waals surface area contributed by atoms with Gasteiger partial charge in [-0.3, -0.25) is 9.69 Å². The van der Waals surface area contributed by atoms with Crippen molar-refractivity contribution in [3.8, 4) is 0 Å². The van der Waals surface area contributed by atoms with Crippen molar-refractivity contribution < 1.29 is 4.79 Å². The van der Waals surface area contributed by atoms with E-state index in [4.69, 9.17) is 0 Å². The number of amides is 1. The molecule has 1 saturated heterocycles. The lowest BCUT2D eigenvalue weighted by atomic mass is 9.98. The summed E-state index contributed by atoms with van der Waals surface area (Å²) >= 11 is 1.64. The summed E-state index contributed by atoms with van der Waals surface area (Å²) in [6, 6.07) is 8.28. The lowest BCUT2D eigenvalue weighted by Gasteiger charge is -2.35. The van der Waals surface area contributed by atoms with Gasteiger partial charge in [-0.1, -0.05) is 32.0 Å². The Labute approximate surface area is 175 Å². The number of hydrogen-bond donors (Lipinski definition) is 1. The van der Waals surface area contributed by atoms with Crippen molar-refractivity contribution in [1.29, 1.82) is 0 Å². The first kappa shape index (κ1) is 19.8. The molecule has 152 valence electrons. The van der Waals surface area contributed by atoms with E-state index in [2.05, 4.69) is 62.5 Å². The van der Waals surface area contributed by atoms with Crippen molar-refractivity contribution in [3.05, 3.63) is 47.1 Å². The van der Waals surface area contributed by atoms with E-state index in [1.54, 1.807) is 17.7 Å². The third kappa shape index (κ3) is 4.26. The van der Waals surface area contributed by atoms with Crippen LogP contribution in [0.3, 0.4) is 0 Å². The molecule has 0 atom stereocenters. The number of piperazine rings is 1. The number of nitrogens with zero attached hydrogens (tertiary/aromatic N) is 4. The lowest BCUT2D eigenvalue weighted by molar-refractivity contribution is -0.117. The Balaban J connectivity index is 1.37. The Bertz CT molecular complexity index is 1010. The van der Waals surface area contributed by atoms with Gasteiger partial charge in [-0.15, -0.1) is 11.3 Å². The lowest BCUT2D eigenvalue weighted by Crippen LogP contribution is -2.49. The highest BCUT2D eigenvalue weighted by molar-refractivity contribution is 7.16. The minimum absolute atomic E-state index is 0.0527. The quantitative estimate of drug-likeness (QED) is 0.693. The van der Waals surface area contributed by atoms with Crippen LogP contribution in [-0.2, 0) is 4.79 Å². The molecule has 2 aromatic heterocycles. The number of aryl methyl sites for hydroxylation is 1. The van der Waals surface area contributed by atoms with Gasteiger partial charge in [0.25, 0.3) is 0 Å². The van der Waals surface area contributed by atoms with Gasteiger partial charge in [0.2, 0.25) is 5.91 Å². The van der Waals surface area contributed by atoms with E-state index in [1.165, 1.54) is 5.56 Å². The summed E-state index contributed by atoms with van der Waals surface area (Å²) in [5, 5.41) is 6.33. The van der Waals surface area contributed by atoms with Crippen molar-refractivity contribution in [3.63, 3.8) is 0 Å². The van der Waals surface area contributed by atoms with Crippen LogP contribution in [-0.4, -0.2) is 53.5 Å². The minimum atomic E-state index is 0.0527. The second-order valence-electron chi connectivity index (χ2n) is 7.84. The van der Waals surface area contributed by atoms with E-state index in [0.717, 1.165) is 53.5 Å². The molecule has 4 rings (SSSR count). The van der Waals surface area contributed by atoms with Gasteiger partial charge in [0.15, 0.2) is 0 Å². The van der Waals surface area contributed by atoms with Crippen molar-refractivity contribution >= 4 is 39.0 Å². The molecule has 1 aromatic carbocycles. The Hall–Kier alpha value is -2.51. The normalized spacial score (nSPS) is 15.2. The number of benzene rings is 1. The first-order valence-corrected chi connectivity index (χ1v) is 11.0. The number of hydrogen-bond acceptors (Lipinski definition) is 6. The number of para-hydroxylation sites is 1. The maximum absolute atomic E-state index is 12.7. The third-order valence-electron chi connectivity index (χ3n) is 5.47. The van der Waals surface area contributed by atoms with Crippen LogP contribution in [0.1, 0.15) is 30.9 Å². The number of aromatic nitrogens is 2. The SMILES string of the molecule is Cc1cccc(C(C)C)c1NC(=O)CN1CCN(c2ncnc3sccc23)CC1. The van der Waals surface area contributed by atoms with Gasteiger partial charge in [-0.25, -0.2) is 9.97 Å². The molecule has 0 radical (unpaired) electrons. The van der Waals surface area contributed by atoms with Crippen LogP contribution >= 0.6 is 11.3 Å². The molecule has 0 aliphatic carbocycles. The highest BCUT2D eigenvalue weighted by atomic mass is 32.1. The highest BCUT2D eigenvalue weighted by Gasteiger charge is 2.22. The molecule has 3 heterocycles. The van der Waals surface area contributed by atoms with Crippen LogP contribution in [0.2, 0.25) is 0 Å². The topological polar surface area (TPSA) is 61.4 Å². The molecule has 7 heteroatoms. The summed E-state index contributed by atoms with van der Waals surface area (Å²) in [6.07, 6.45) is 1.64. The van der Waals surface area contributed by atoms with E-state index < -0.39 is 0 Å². The average Bonchev–Trinajstić information content (AvgIpc) is 3.19. The molecule has 0 bridgehead atoms. The summed E-state index contributed by atoms with van der Waals surface area (Å²) in [5.41, 5.74) is 3.26. The van der Waals surface area contributed by atoms with Gasteiger partial charge in [0.1, 0.15) is 17.0 Å². The number of nitrogens with one attached hydrogen (secondary N) is 1. The Kier molecular flexibility index (Phi) is 5.78. The van der Waals surface area contributed by atoms with E-state index in [-0.39, 0.29) is 5.91 Å². The van der Waals surface area contributed by atoms with Gasteiger partial charge in [0, 0.05) is 31.9 Å². The zero-order chi connectivity index (χ0) is 20.4. The van der Waals surface area contributed by atoms with E-state index in [0.29, 0.717) is 12.5 Å². The molecular weight excluding hydrogens is 382 g/mol. The Morgan fingerprint density at radius 2 is 1.97 bits per heavy atom. The van der Waals surface area contributed by atoms with Gasteiger partial charge >= 0.3 is 0 Å². The summed E-state index contributed by atoms with van der Waals surface area (Å²) in [5.74, 6) is 1.43. The van der Waals surface area contributed by atoms with Gasteiger partial charge in [-0.2, -0.15) is 0 Å². The van der Waals surface area contributed by atoms with Gasteiger partial charge in [0.05, 0.1) is 11.9 Å². The number of anilines is 2. The first-order valence-electron chi connectivity index (χ1n) is 10.1. The third-order valence-corrected chi connectivity index (χ3v) is 6.29. The Morgan fingerprint density at radius 1 is 1.17 bits per heavy atom. The fourth-order valence-electron chi connectivity index (χ4n) is 3.87. The molecule has 6 nitrogen and oxygen atoms in total. The van der Waals surface area contributed by atoms with Crippen LogP contribution in [0.15, 0.2) is 36.0 Å². The molecule has 1 N–H and O–H groups in total. The highest BCUT2D eigenvalue weighted by Crippen LogP contribution is 2.28. The Morgan fingerprint density at radius 3 is 2.72 bits per heavy atom. The van der Waals surface area contributed by atoms with Gasteiger partial charge < -0.3 is 10.2 Å². The summed E-state index contributed by atoms with van der Waals surface area (Å²) in [4.78, 5) is 27.1. The van der Waals surface area contributed by atoms with Crippen molar-refractivity contribution in [1.82, 2.24) is 14.9 Å². The number of carbonyl (C=O) groups is 1. The zero-order valence-corrected chi connectivity index (χ0v) is 18.0. The second-order valence-corrected chi connectivity index (χ2v) is 8.74. The minimum Gasteiger partial charge on any atom is -0.353 e. The average molecular weight is 410 g/mol. The van der Waals surface area contributed by atoms with Gasteiger partial charge in [-0.05, 0) is 35.4 Å². The van der Waals surface area contributed by atoms with Crippen LogP contribution in [0.25, 0.3) is 10.2 Å². The molecule has 29 heavy (non-hydrogen) atoms. The monoisotopic (exact) mass is 409 g/mol. The molecule has 1 aliphatic heterocycles. The largest absolute Gasteiger partial charge is 0.353 e. The predicted octanol–water partition coefficient (Wildman–Crippen LogP) is 3.88. The molecule has 1 amide bonds. The molecule has 3 aromatic rings. The molecule has 1 fully saturated rings. The smallest absolute Gasteiger partial charge is 0.238 e. The molecule has 1 aliphatic rings. The molecule has 0 unspecified atom stereocenters. The van der Waals surface area contributed by atoms with Crippen LogP contribution in [0.4, 0.5) is 11.5 Å². The number of fused-ring (bicyclic) bond motifs is 1. The number of rotatable bonds is 5. The summed E-state index contributed by atoms with van der Waals surface area (Å²) in [6.45, 7) is 10.2. The maximum Gasteiger partial charge on any atom is 0.238 e. The van der Waals surface area contributed by atoms with E-state index >= 15 is 0 Å². The van der Waals surface area contributed by atoms with Crippen LogP contribution in [0.5, 0.6) is 0 Å². The summed E-state index contributed by atoms with van der Waals surface area (Å²) in [7, 11) is 0. The van der Waals surface area contributed by atoms with Crippen molar-refractivity contribution in [2.45, 2.75) is 26.7 Å². The van der Waals surface area contributed by atoms with E-state index in [1.807, 2.05) is 13.0 Å². The van der Waals surface area contributed by atoms with Crippen LogP contribution < -0.4 is 10.2 Å². The maximum atomic E-state index is 12.7. The number of carbonyl (C=O) groups excluding carboxylic acids is 1. The van der Waals surface area contributed by atoms with Crippen molar-refractivity contribution in [2.24, 2.45) is 0 Å². The zero-order valence-electron chi connectivity index (χ0n) is 17.2. The fourth-order valence-corrected chi connectivity index (χ4v) is 4.60. The molecule has 0 spiro atoms. The first-order chi connectivity index (χ1) is 14.0. The van der Waals surface area contributed by atoms with E-state index in [9.17, 15) is 4.79 Å². The van der Waals surface area contributed by atoms with Crippen LogP contribution in [0, 0.1) is 6.92 Å². The molecule has 0 saturated carbocycles. The standard InChI is InChI=1S/C22H27N5OS/c1-15(2)17-6-4-5-16(3)20(17)25-19(28)13-26-8-10-27(11-9-26)21-18-7-12-29-22(18)24-14-23-21/h4-7,12,14-15H,8-11,13H2,1-3H3,(H,25,28). The molecular formula is C22H27N5OS. The predicted molar refractivity (Wildman–Crippen MR) is 120 cm³/mol. The fraction of sp³-hybridized carbons (Fsp3) is 0.409. The number of thiophene rings is 1. The van der Waals surface area contributed by atoms with Crippen molar-refractivity contribution in [2.75, 3.05) is 42.9 Å². The summed E-state index contributed by atoms with van der Waals surface area (Å²) < 4.78 is 0.